The second kappa shape index (κ2) is 6.78. The van der Waals surface area contributed by atoms with Gasteiger partial charge in [0.05, 0.1) is 13.7 Å². The van der Waals surface area contributed by atoms with Crippen molar-refractivity contribution in [3.8, 4) is 0 Å². The van der Waals surface area contributed by atoms with E-state index in [4.69, 9.17) is 10.2 Å². The van der Waals surface area contributed by atoms with Gasteiger partial charge in [-0.15, -0.1) is 12.4 Å². The van der Waals surface area contributed by atoms with Crippen LogP contribution in [0.25, 0.3) is 0 Å². The molecule has 1 atom stereocenters. The van der Waals surface area contributed by atoms with E-state index in [1.54, 1.807) is 6.07 Å². The Morgan fingerprint density at radius 1 is 1.61 bits per heavy atom. The van der Waals surface area contributed by atoms with Crippen molar-refractivity contribution in [2.75, 3.05) is 26.7 Å². The lowest BCUT2D eigenvalue weighted by Gasteiger charge is -2.13. The molecule has 1 aliphatic rings. The molecule has 0 radical (unpaired) electrons. The highest BCUT2D eigenvalue weighted by Crippen LogP contribution is 2.19. The zero-order valence-corrected chi connectivity index (χ0v) is 11.2. The van der Waals surface area contributed by atoms with E-state index < -0.39 is 5.97 Å². The van der Waals surface area contributed by atoms with E-state index in [2.05, 4.69) is 9.64 Å². The van der Waals surface area contributed by atoms with Gasteiger partial charge in [0.2, 0.25) is 5.76 Å². The molecule has 5 nitrogen and oxygen atoms in total. The average Bonchev–Trinajstić information content (AvgIpc) is 2.97. The minimum Gasteiger partial charge on any atom is -0.463 e. The molecular formula is C12H19ClN2O3. The summed E-state index contributed by atoms with van der Waals surface area (Å²) in [6.07, 6.45) is 1.14. The molecule has 1 aromatic rings. The molecule has 0 aliphatic carbocycles. The van der Waals surface area contributed by atoms with Crippen LogP contribution in [0.4, 0.5) is 0 Å². The van der Waals surface area contributed by atoms with Gasteiger partial charge in [0.25, 0.3) is 0 Å². The van der Waals surface area contributed by atoms with Crippen molar-refractivity contribution in [3.05, 3.63) is 23.7 Å². The maximum Gasteiger partial charge on any atom is 0.373 e. The number of esters is 1. The maximum absolute atomic E-state index is 11.2. The molecule has 1 aliphatic heterocycles. The van der Waals surface area contributed by atoms with Crippen LogP contribution in [0.3, 0.4) is 0 Å². The van der Waals surface area contributed by atoms with E-state index in [-0.39, 0.29) is 18.2 Å². The van der Waals surface area contributed by atoms with Crippen LogP contribution in [-0.2, 0) is 11.3 Å². The first kappa shape index (κ1) is 15.0. The van der Waals surface area contributed by atoms with Gasteiger partial charge in [-0.1, -0.05) is 0 Å². The number of nitrogens with zero attached hydrogens (tertiary/aromatic N) is 1. The number of carbonyl (C=O) groups excluding carboxylic acids is 1. The highest BCUT2D eigenvalue weighted by molar-refractivity contribution is 5.86. The maximum atomic E-state index is 11.2. The molecule has 1 fully saturated rings. The second-order valence-electron chi connectivity index (χ2n) is 4.38. The zero-order chi connectivity index (χ0) is 12.3. The lowest BCUT2D eigenvalue weighted by molar-refractivity contribution is 0.0561. The van der Waals surface area contributed by atoms with Crippen molar-refractivity contribution in [2.24, 2.45) is 11.7 Å². The summed E-state index contributed by atoms with van der Waals surface area (Å²) in [5, 5.41) is 0. The number of hydrogen-bond donors (Lipinski definition) is 1. The van der Waals surface area contributed by atoms with Crippen molar-refractivity contribution >= 4 is 18.4 Å². The van der Waals surface area contributed by atoms with Crippen LogP contribution in [0.1, 0.15) is 22.7 Å². The number of hydrogen-bond acceptors (Lipinski definition) is 5. The van der Waals surface area contributed by atoms with E-state index >= 15 is 0 Å². The van der Waals surface area contributed by atoms with Gasteiger partial charge in [0.15, 0.2) is 0 Å². The van der Waals surface area contributed by atoms with E-state index in [0.29, 0.717) is 5.92 Å². The number of halogens is 1. The summed E-state index contributed by atoms with van der Waals surface area (Å²) < 4.78 is 10.0. The molecule has 0 bridgehead atoms. The zero-order valence-electron chi connectivity index (χ0n) is 10.4. The van der Waals surface area contributed by atoms with Crippen molar-refractivity contribution in [3.63, 3.8) is 0 Å². The van der Waals surface area contributed by atoms with Gasteiger partial charge in [-0.3, -0.25) is 4.90 Å². The summed E-state index contributed by atoms with van der Waals surface area (Å²) in [4.78, 5) is 13.5. The molecule has 1 aromatic heterocycles. The molecule has 0 amide bonds. The van der Waals surface area contributed by atoms with Gasteiger partial charge in [-0.05, 0) is 37.6 Å². The quantitative estimate of drug-likeness (QED) is 0.838. The minimum atomic E-state index is -0.433. The summed E-state index contributed by atoms with van der Waals surface area (Å²) in [5.74, 6) is 1.21. The van der Waals surface area contributed by atoms with Crippen LogP contribution < -0.4 is 5.73 Å². The fraction of sp³-hybridized carbons (Fsp3) is 0.583. The van der Waals surface area contributed by atoms with Crippen LogP contribution in [0.15, 0.2) is 16.5 Å². The minimum absolute atomic E-state index is 0. The van der Waals surface area contributed by atoms with Gasteiger partial charge in [-0.2, -0.15) is 0 Å². The standard InChI is InChI=1S/C12H18N2O3.ClH/c1-16-12(15)11-3-2-10(17-11)8-14-5-4-9(6-13)7-14;/h2-3,9H,4-8,13H2,1H3;1H. The largest absolute Gasteiger partial charge is 0.463 e. The number of furan rings is 1. The smallest absolute Gasteiger partial charge is 0.373 e. The molecule has 0 saturated carbocycles. The van der Waals surface area contributed by atoms with Gasteiger partial charge < -0.3 is 14.9 Å². The van der Waals surface area contributed by atoms with Crippen LogP contribution >= 0.6 is 12.4 Å². The summed E-state index contributed by atoms with van der Waals surface area (Å²) in [6, 6.07) is 3.47. The fourth-order valence-electron chi connectivity index (χ4n) is 2.14. The molecule has 0 aromatic carbocycles. The van der Waals surface area contributed by atoms with Gasteiger partial charge in [0.1, 0.15) is 5.76 Å². The third kappa shape index (κ3) is 3.48. The van der Waals surface area contributed by atoms with Crippen LogP contribution in [0.5, 0.6) is 0 Å². The lowest BCUT2D eigenvalue weighted by atomic mass is 10.1. The monoisotopic (exact) mass is 274 g/mol. The molecule has 2 rings (SSSR count). The van der Waals surface area contributed by atoms with Gasteiger partial charge >= 0.3 is 5.97 Å². The second-order valence-corrected chi connectivity index (χ2v) is 4.38. The predicted octanol–water partition coefficient (Wildman–Crippen LogP) is 1.27. The van der Waals surface area contributed by atoms with E-state index in [9.17, 15) is 4.79 Å². The Kier molecular flexibility index (Phi) is 5.65. The van der Waals surface area contributed by atoms with Crippen molar-refractivity contribution in [1.82, 2.24) is 4.90 Å². The molecule has 102 valence electrons. The van der Waals surface area contributed by atoms with Crippen LogP contribution in [0, 0.1) is 5.92 Å². The fourth-order valence-corrected chi connectivity index (χ4v) is 2.14. The highest BCUT2D eigenvalue weighted by Gasteiger charge is 2.22. The summed E-state index contributed by atoms with van der Waals surface area (Å²) >= 11 is 0. The molecule has 18 heavy (non-hydrogen) atoms. The first-order valence-corrected chi connectivity index (χ1v) is 5.82. The number of carbonyl (C=O) groups is 1. The summed E-state index contributed by atoms with van der Waals surface area (Å²) in [6.45, 7) is 3.51. The molecule has 2 N–H and O–H groups in total. The normalized spacial score (nSPS) is 19.6. The highest BCUT2D eigenvalue weighted by atomic mass is 35.5. The first-order chi connectivity index (χ1) is 8.22. The van der Waals surface area contributed by atoms with Crippen LogP contribution in [-0.4, -0.2) is 37.6 Å². The molecule has 1 saturated heterocycles. The topological polar surface area (TPSA) is 68.7 Å². The Labute approximate surface area is 113 Å². The first-order valence-electron chi connectivity index (χ1n) is 5.82. The van der Waals surface area contributed by atoms with E-state index in [1.165, 1.54) is 7.11 Å². The Bertz CT molecular complexity index is 394. The van der Waals surface area contributed by atoms with Crippen molar-refractivity contribution in [1.29, 1.82) is 0 Å². The van der Waals surface area contributed by atoms with Crippen molar-refractivity contribution in [2.45, 2.75) is 13.0 Å². The van der Waals surface area contributed by atoms with E-state index in [1.807, 2.05) is 6.07 Å². The molecule has 0 spiro atoms. The predicted molar refractivity (Wildman–Crippen MR) is 69.7 cm³/mol. The molecule has 1 unspecified atom stereocenters. The Morgan fingerprint density at radius 2 is 2.39 bits per heavy atom. The Balaban J connectivity index is 0.00000162. The van der Waals surface area contributed by atoms with E-state index in [0.717, 1.165) is 38.4 Å². The Morgan fingerprint density at radius 3 is 3.00 bits per heavy atom. The van der Waals surface area contributed by atoms with Crippen molar-refractivity contribution < 1.29 is 13.9 Å². The number of rotatable bonds is 4. The third-order valence-corrected chi connectivity index (χ3v) is 3.13. The SMILES string of the molecule is COC(=O)c1ccc(CN2CCC(CN)C2)o1.Cl. The van der Waals surface area contributed by atoms with Crippen LogP contribution in [0.2, 0.25) is 0 Å². The molecule has 2 heterocycles. The van der Waals surface area contributed by atoms with Gasteiger partial charge in [-0.25, -0.2) is 4.79 Å². The number of likely N-dealkylation sites (tertiary alicyclic amines) is 1. The molecule has 6 heteroatoms. The summed E-state index contributed by atoms with van der Waals surface area (Å²) in [5.41, 5.74) is 5.64. The average molecular weight is 275 g/mol. The number of methoxy groups -OCH3 is 1. The number of nitrogens with two attached hydrogens (primary N) is 1. The summed E-state index contributed by atoms with van der Waals surface area (Å²) in [7, 11) is 1.34. The Hall–Kier alpha value is -1.04. The molecular weight excluding hydrogens is 256 g/mol. The van der Waals surface area contributed by atoms with Gasteiger partial charge in [0, 0.05) is 6.54 Å². The lowest BCUT2D eigenvalue weighted by Crippen LogP contribution is -2.22. The number of ether oxygens (including phenoxy) is 1. The third-order valence-electron chi connectivity index (χ3n) is 3.13.